The number of likely N-dealkylation sites (tertiary alicyclic amines) is 1. The number of carbonyl (C=O) groups excluding carboxylic acids is 1. The van der Waals surface area contributed by atoms with Crippen molar-refractivity contribution in [2.45, 2.75) is 13.3 Å². The molecular formula is C16H19NO5S. The maximum absolute atomic E-state index is 12.6. The van der Waals surface area contributed by atoms with Crippen LogP contribution in [0.3, 0.4) is 0 Å². The molecule has 124 valence electrons. The van der Waals surface area contributed by atoms with Crippen LogP contribution in [0.25, 0.3) is 0 Å². The zero-order valence-electron chi connectivity index (χ0n) is 12.9. The zero-order valence-corrected chi connectivity index (χ0v) is 13.7. The summed E-state index contributed by atoms with van der Waals surface area (Å²) in [6, 6.07) is 6.62. The van der Waals surface area contributed by atoms with Crippen LogP contribution in [0.15, 0.2) is 24.3 Å². The van der Waals surface area contributed by atoms with Gasteiger partial charge in [0, 0.05) is 24.1 Å². The van der Waals surface area contributed by atoms with E-state index >= 15 is 0 Å². The van der Waals surface area contributed by atoms with E-state index in [9.17, 15) is 18.0 Å². The Kier molecular flexibility index (Phi) is 3.71. The van der Waals surface area contributed by atoms with Crippen molar-refractivity contribution in [3.05, 3.63) is 35.4 Å². The first kappa shape index (κ1) is 16.0. The molecule has 1 aromatic rings. The summed E-state index contributed by atoms with van der Waals surface area (Å²) >= 11 is 0. The number of nitrogens with zero attached hydrogens (tertiary/aromatic N) is 1. The largest absolute Gasteiger partial charge is 0.481 e. The molecule has 23 heavy (non-hydrogen) atoms. The molecule has 0 unspecified atom stereocenters. The SMILES string of the molecule is C[C@]12CN(C(=O)c3cccc(CC(=O)O)c3)C[C@H]1CS(=O)(=O)C2. The molecule has 2 aliphatic heterocycles. The van der Waals surface area contributed by atoms with Crippen LogP contribution in [0.5, 0.6) is 0 Å². The summed E-state index contributed by atoms with van der Waals surface area (Å²) < 4.78 is 23.6. The number of carboxylic acids is 1. The summed E-state index contributed by atoms with van der Waals surface area (Å²) in [7, 11) is -3.00. The maximum atomic E-state index is 12.6. The fraction of sp³-hybridized carbons (Fsp3) is 0.500. The monoisotopic (exact) mass is 337 g/mol. The lowest BCUT2D eigenvalue weighted by Gasteiger charge is -2.22. The van der Waals surface area contributed by atoms with Crippen molar-refractivity contribution in [3.8, 4) is 0 Å². The average molecular weight is 337 g/mol. The summed E-state index contributed by atoms with van der Waals surface area (Å²) in [4.78, 5) is 25.1. The minimum absolute atomic E-state index is 0.0151. The van der Waals surface area contributed by atoms with Crippen LogP contribution in [-0.4, -0.2) is 54.9 Å². The third-order valence-corrected chi connectivity index (χ3v) is 6.81. The number of fused-ring (bicyclic) bond motifs is 1. The minimum atomic E-state index is -3.00. The summed E-state index contributed by atoms with van der Waals surface area (Å²) in [6.07, 6.45) is -0.125. The van der Waals surface area contributed by atoms with Crippen LogP contribution < -0.4 is 0 Å². The Hall–Kier alpha value is -1.89. The Morgan fingerprint density at radius 3 is 2.78 bits per heavy atom. The molecule has 0 saturated carbocycles. The number of aliphatic carboxylic acids is 1. The van der Waals surface area contributed by atoms with E-state index in [-0.39, 0.29) is 35.2 Å². The molecule has 2 aliphatic rings. The van der Waals surface area contributed by atoms with Crippen LogP contribution in [0.4, 0.5) is 0 Å². The number of sulfone groups is 1. The molecule has 1 N–H and O–H groups in total. The quantitative estimate of drug-likeness (QED) is 0.882. The molecule has 2 fully saturated rings. The number of rotatable bonds is 3. The van der Waals surface area contributed by atoms with E-state index in [4.69, 9.17) is 5.11 Å². The number of carbonyl (C=O) groups is 2. The molecule has 2 saturated heterocycles. The lowest BCUT2D eigenvalue weighted by atomic mass is 9.84. The van der Waals surface area contributed by atoms with Crippen molar-refractivity contribution >= 4 is 21.7 Å². The minimum Gasteiger partial charge on any atom is -0.481 e. The van der Waals surface area contributed by atoms with Gasteiger partial charge in [-0.3, -0.25) is 9.59 Å². The maximum Gasteiger partial charge on any atom is 0.307 e. The van der Waals surface area contributed by atoms with Crippen LogP contribution in [0.1, 0.15) is 22.8 Å². The number of hydrogen-bond donors (Lipinski definition) is 1. The summed E-state index contributed by atoms with van der Waals surface area (Å²) in [5.74, 6) is -0.841. The Labute approximate surface area is 135 Å². The molecule has 1 aromatic carbocycles. The third kappa shape index (κ3) is 3.10. The molecule has 0 spiro atoms. The second kappa shape index (κ2) is 5.33. The fourth-order valence-corrected chi connectivity index (χ4v) is 6.30. The summed E-state index contributed by atoms with van der Waals surface area (Å²) in [5, 5.41) is 8.85. The van der Waals surface area contributed by atoms with Gasteiger partial charge in [-0.2, -0.15) is 0 Å². The van der Waals surface area contributed by atoms with Gasteiger partial charge in [-0.15, -0.1) is 0 Å². The third-order valence-electron chi connectivity index (χ3n) is 4.80. The van der Waals surface area contributed by atoms with Crippen molar-refractivity contribution < 1.29 is 23.1 Å². The van der Waals surface area contributed by atoms with E-state index in [1.54, 1.807) is 29.2 Å². The number of hydrogen-bond acceptors (Lipinski definition) is 4. The van der Waals surface area contributed by atoms with Crippen molar-refractivity contribution in [1.29, 1.82) is 0 Å². The van der Waals surface area contributed by atoms with Gasteiger partial charge in [-0.05, 0) is 23.6 Å². The Morgan fingerprint density at radius 1 is 1.39 bits per heavy atom. The topological polar surface area (TPSA) is 91.8 Å². The van der Waals surface area contributed by atoms with Crippen LogP contribution in [0.2, 0.25) is 0 Å². The first-order valence-electron chi connectivity index (χ1n) is 7.49. The van der Waals surface area contributed by atoms with Gasteiger partial charge in [0.25, 0.3) is 5.91 Å². The lowest BCUT2D eigenvalue weighted by Crippen LogP contribution is -2.33. The normalized spacial score (nSPS) is 28.6. The highest BCUT2D eigenvalue weighted by Gasteiger charge is 2.53. The molecule has 0 aliphatic carbocycles. The zero-order chi connectivity index (χ0) is 16.8. The first-order valence-corrected chi connectivity index (χ1v) is 9.31. The van der Waals surface area contributed by atoms with Gasteiger partial charge in [-0.25, -0.2) is 8.42 Å². The van der Waals surface area contributed by atoms with E-state index in [1.807, 2.05) is 6.92 Å². The number of carboxylic acid groups (broad SMARTS) is 1. The summed E-state index contributed by atoms with van der Waals surface area (Å²) in [5.41, 5.74) is 0.666. The van der Waals surface area contributed by atoms with Crippen molar-refractivity contribution in [1.82, 2.24) is 4.90 Å². The highest BCUT2D eigenvalue weighted by Crippen LogP contribution is 2.43. The number of benzene rings is 1. The molecular weight excluding hydrogens is 318 g/mol. The van der Waals surface area contributed by atoms with E-state index in [0.717, 1.165) is 0 Å². The van der Waals surface area contributed by atoms with Crippen LogP contribution >= 0.6 is 0 Å². The average Bonchev–Trinajstić information content (AvgIpc) is 2.83. The van der Waals surface area contributed by atoms with Gasteiger partial charge in [0.1, 0.15) is 0 Å². The number of amides is 1. The van der Waals surface area contributed by atoms with E-state index in [2.05, 4.69) is 0 Å². The molecule has 1 amide bonds. The molecule has 6 nitrogen and oxygen atoms in total. The van der Waals surface area contributed by atoms with Gasteiger partial charge in [0.15, 0.2) is 9.84 Å². The standard InChI is InChI=1S/C16H19NO5S/c1-16-9-17(7-13(16)8-23(21,22)10-16)15(20)12-4-2-3-11(5-12)6-14(18)19/h2-5,13H,6-10H2,1H3,(H,18,19)/t13-,16+/m0/s1. The predicted octanol–water partition coefficient (Wildman–Crippen LogP) is 0.820. The summed E-state index contributed by atoms with van der Waals surface area (Å²) in [6.45, 7) is 2.80. The smallest absolute Gasteiger partial charge is 0.307 e. The highest BCUT2D eigenvalue weighted by molar-refractivity contribution is 7.91. The Bertz CT molecular complexity index is 772. The van der Waals surface area contributed by atoms with E-state index in [1.165, 1.54) is 0 Å². The van der Waals surface area contributed by atoms with Gasteiger partial charge < -0.3 is 10.0 Å². The second-order valence-electron chi connectivity index (χ2n) is 6.86. The van der Waals surface area contributed by atoms with Gasteiger partial charge >= 0.3 is 5.97 Å². The molecule has 2 heterocycles. The molecule has 0 aromatic heterocycles. The lowest BCUT2D eigenvalue weighted by molar-refractivity contribution is -0.136. The van der Waals surface area contributed by atoms with E-state index < -0.39 is 15.8 Å². The first-order chi connectivity index (χ1) is 10.7. The van der Waals surface area contributed by atoms with Crippen molar-refractivity contribution in [2.75, 3.05) is 24.6 Å². The molecule has 3 rings (SSSR count). The van der Waals surface area contributed by atoms with Crippen molar-refractivity contribution in [3.63, 3.8) is 0 Å². The van der Waals surface area contributed by atoms with Gasteiger partial charge in [0.2, 0.25) is 0 Å². The molecule has 0 radical (unpaired) electrons. The van der Waals surface area contributed by atoms with Gasteiger partial charge in [-0.1, -0.05) is 19.1 Å². The highest BCUT2D eigenvalue weighted by atomic mass is 32.2. The predicted molar refractivity (Wildman–Crippen MR) is 83.9 cm³/mol. The van der Waals surface area contributed by atoms with Gasteiger partial charge in [0.05, 0.1) is 17.9 Å². The fourth-order valence-electron chi connectivity index (χ4n) is 3.73. The second-order valence-corrected chi connectivity index (χ2v) is 8.97. The Morgan fingerprint density at radius 2 is 2.13 bits per heavy atom. The van der Waals surface area contributed by atoms with E-state index in [0.29, 0.717) is 24.2 Å². The molecule has 0 bridgehead atoms. The van der Waals surface area contributed by atoms with Crippen LogP contribution in [-0.2, 0) is 21.1 Å². The molecule has 2 atom stereocenters. The van der Waals surface area contributed by atoms with Crippen molar-refractivity contribution in [2.24, 2.45) is 11.3 Å². The molecule has 7 heteroatoms. The Balaban J connectivity index is 1.77. The van der Waals surface area contributed by atoms with Crippen LogP contribution in [0, 0.1) is 11.3 Å².